The zero-order chi connectivity index (χ0) is 24.0. The summed E-state index contributed by atoms with van der Waals surface area (Å²) in [7, 11) is 3.65. The van der Waals surface area contributed by atoms with E-state index < -0.39 is 48.2 Å². The predicted molar refractivity (Wildman–Crippen MR) is 118 cm³/mol. The number of benzene rings is 1. The molecule has 0 radical (unpaired) electrons. The molecule has 2 rings (SSSR count). The highest BCUT2D eigenvalue weighted by Crippen LogP contribution is 2.25. The summed E-state index contributed by atoms with van der Waals surface area (Å²) in [6, 6.07) is 1.88. The van der Waals surface area contributed by atoms with Crippen LogP contribution in [-0.4, -0.2) is 78.7 Å². The van der Waals surface area contributed by atoms with Gasteiger partial charge < -0.3 is 30.3 Å². The summed E-state index contributed by atoms with van der Waals surface area (Å²) in [4.78, 5) is 63.0. The van der Waals surface area contributed by atoms with Crippen molar-refractivity contribution in [1.82, 2.24) is 15.5 Å². The Morgan fingerprint density at radius 1 is 1.28 bits per heavy atom. The summed E-state index contributed by atoms with van der Waals surface area (Å²) in [5.74, 6) is -2.76. The summed E-state index contributed by atoms with van der Waals surface area (Å²) < 4.78 is 0. The number of rotatable bonds is 9. The Morgan fingerprint density at radius 3 is 2.53 bits per heavy atom. The molecule has 1 aliphatic rings. The van der Waals surface area contributed by atoms with Gasteiger partial charge in [0.15, 0.2) is 0 Å². The Morgan fingerprint density at radius 2 is 1.97 bits per heavy atom. The highest BCUT2D eigenvalue weighted by molar-refractivity contribution is 6.33. The van der Waals surface area contributed by atoms with Crippen molar-refractivity contribution < 1.29 is 29.1 Å². The molecule has 0 spiro atoms. The number of carboxylic acid groups (broad SMARTS) is 1. The minimum Gasteiger partial charge on any atom is -0.481 e. The van der Waals surface area contributed by atoms with E-state index in [0.717, 1.165) is 5.69 Å². The van der Waals surface area contributed by atoms with Crippen LogP contribution in [0.2, 0.25) is 5.02 Å². The molecule has 1 aromatic rings. The molecule has 174 valence electrons. The number of carboxylic acids is 1. The second-order valence-corrected chi connectivity index (χ2v) is 8.20. The Labute approximate surface area is 190 Å². The molecule has 1 aromatic carbocycles. The number of aldehydes is 1. The van der Waals surface area contributed by atoms with E-state index in [9.17, 15) is 24.0 Å². The summed E-state index contributed by atoms with van der Waals surface area (Å²) in [5.41, 5.74) is 1.04. The fourth-order valence-electron chi connectivity index (χ4n) is 3.50. The minimum atomic E-state index is -1.23. The highest BCUT2D eigenvalue weighted by Gasteiger charge is 2.37. The number of hydrogen-bond acceptors (Lipinski definition) is 6. The first kappa shape index (κ1) is 25.1. The van der Waals surface area contributed by atoms with Crippen molar-refractivity contribution in [2.24, 2.45) is 0 Å². The number of nitrogens with zero attached hydrogens (tertiary/aromatic N) is 2. The maximum absolute atomic E-state index is 12.9. The molecule has 1 heterocycles. The van der Waals surface area contributed by atoms with Gasteiger partial charge in [0.1, 0.15) is 18.4 Å². The number of aliphatic carboxylic acids is 1. The van der Waals surface area contributed by atoms with E-state index in [1.165, 1.54) is 17.9 Å². The van der Waals surface area contributed by atoms with E-state index in [-0.39, 0.29) is 0 Å². The molecule has 1 saturated heterocycles. The quantitative estimate of drug-likeness (QED) is 0.455. The number of halogens is 1. The van der Waals surface area contributed by atoms with Crippen LogP contribution < -0.4 is 15.5 Å². The van der Waals surface area contributed by atoms with Crippen molar-refractivity contribution in [3.8, 4) is 0 Å². The highest BCUT2D eigenvalue weighted by atomic mass is 35.5. The van der Waals surface area contributed by atoms with Crippen LogP contribution in [-0.2, 0) is 19.2 Å². The van der Waals surface area contributed by atoms with Gasteiger partial charge in [0.05, 0.1) is 23.2 Å². The van der Waals surface area contributed by atoms with Crippen molar-refractivity contribution in [1.29, 1.82) is 0 Å². The number of carbonyl (C=O) groups excluding carboxylic acids is 4. The lowest BCUT2D eigenvalue weighted by Gasteiger charge is -2.28. The van der Waals surface area contributed by atoms with Crippen molar-refractivity contribution >= 4 is 47.3 Å². The normalized spacial score (nSPS) is 17.2. The van der Waals surface area contributed by atoms with Crippen LogP contribution in [0.25, 0.3) is 0 Å². The first-order chi connectivity index (χ1) is 15.0. The average Bonchev–Trinajstić information content (AvgIpc) is 3.21. The third-order valence-electron chi connectivity index (χ3n) is 5.13. The van der Waals surface area contributed by atoms with Gasteiger partial charge in [-0.05, 0) is 38.0 Å². The maximum Gasteiger partial charge on any atom is 0.305 e. The minimum absolute atomic E-state index is 0.290. The van der Waals surface area contributed by atoms with E-state index in [4.69, 9.17) is 16.7 Å². The molecule has 1 aliphatic heterocycles. The Hall–Kier alpha value is -3.14. The standard InChI is InChI=1S/C21H27ClN4O6/c1-12(23-19(30)13-6-7-16(25(2)3)15(22)9-13)21(32)26-8-4-5-17(26)20(31)24-14(11-27)10-18(28)29/h6-7,9,11-12,14,17H,4-5,8,10H2,1-3H3,(H,23,30)(H,24,31)(H,28,29)/t12-,14-,17?/m0/s1. The van der Waals surface area contributed by atoms with Crippen LogP contribution in [0.15, 0.2) is 18.2 Å². The van der Waals surface area contributed by atoms with Crippen LogP contribution in [0.5, 0.6) is 0 Å². The molecule has 1 unspecified atom stereocenters. The van der Waals surface area contributed by atoms with Gasteiger partial charge in [-0.1, -0.05) is 11.6 Å². The summed E-state index contributed by atoms with van der Waals surface area (Å²) >= 11 is 6.21. The lowest BCUT2D eigenvalue weighted by Crippen LogP contribution is -2.54. The molecule has 11 heteroatoms. The van der Waals surface area contributed by atoms with Gasteiger partial charge in [-0.25, -0.2) is 0 Å². The number of anilines is 1. The first-order valence-electron chi connectivity index (χ1n) is 10.1. The van der Waals surface area contributed by atoms with Crippen LogP contribution >= 0.6 is 11.6 Å². The van der Waals surface area contributed by atoms with Gasteiger partial charge >= 0.3 is 5.97 Å². The average molecular weight is 467 g/mol. The molecule has 0 aliphatic carbocycles. The van der Waals surface area contributed by atoms with Crippen LogP contribution in [0.4, 0.5) is 5.69 Å². The lowest BCUT2D eigenvalue weighted by molar-refractivity contribution is -0.141. The third kappa shape index (κ3) is 6.19. The number of amides is 3. The zero-order valence-corrected chi connectivity index (χ0v) is 18.9. The number of carbonyl (C=O) groups is 5. The smallest absolute Gasteiger partial charge is 0.305 e. The summed E-state index contributed by atoms with van der Waals surface area (Å²) in [5, 5.41) is 14.2. The molecule has 3 amide bonds. The predicted octanol–water partition coefficient (Wildman–Crippen LogP) is 0.674. The third-order valence-corrected chi connectivity index (χ3v) is 5.44. The topological polar surface area (TPSA) is 136 Å². The van der Waals surface area contributed by atoms with Crippen molar-refractivity contribution in [2.45, 2.75) is 44.3 Å². The monoisotopic (exact) mass is 466 g/mol. The van der Waals surface area contributed by atoms with Gasteiger partial charge in [0.2, 0.25) is 11.8 Å². The molecule has 1 fully saturated rings. The molecule has 32 heavy (non-hydrogen) atoms. The summed E-state index contributed by atoms with van der Waals surface area (Å²) in [6.45, 7) is 1.83. The maximum atomic E-state index is 12.9. The fraction of sp³-hybridized carbons (Fsp3) is 0.476. The van der Waals surface area contributed by atoms with E-state index in [1.807, 2.05) is 14.1 Å². The lowest BCUT2D eigenvalue weighted by atomic mass is 10.1. The number of likely N-dealkylation sites (tertiary alicyclic amines) is 1. The second kappa shape index (κ2) is 10.9. The van der Waals surface area contributed by atoms with Gasteiger partial charge in [0, 0.05) is 26.2 Å². The number of hydrogen-bond donors (Lipinski definition) is 3. The van der Waals surface area contributed by atoms with Crippen LogP contribution in [0.1, 0.15) is 36.5 Å². The SMILES string of the molecule is C[C@H](NC(=O)c1ccc(N(C)C)c(Cl)c1)C(=O)N1CCCC1C(=O)N[C@H](C=O)CC(=O)O. The summed E-state index contributed by atoms with van der Waals surface area (Å²) in [6.07, 6.45) is 0.746. The van der Waals surface area contributed by atoms with Gasteiger partial charge in [-0.2, -0.15) is 0 Å². The number of nitrogens with one attached hydrogen (secondary N) is 2. The van der Waals surface area contributed by atoms with Crippen molar-refractivity contribution in [2.75, 3.05) is 25.5 Å². The van der Waals surface area contributed by atoms with Crippen molar-refractivity contribution in [3.05, 3.63) is 28.8 Å². The van der Waals surface area contributed by atoms with Crippen LogP contribution in [0.3, 0.4) is 0 Å². The largest absolute Gasteiger partial charge is 0.481 e. The van der Waals surface area contributed by atoms with E-state index in [1.54, 1.807) is 17.0 Å². The van der Waals surface area contributed by atoms with Gasteiger partial charge in [-0.3, -0.25) is 19.2 Å². The second-order valence-electron chi connectivity index (χ2n) is 7.79. The molecule has 0 saturated carbocycles. The van der Waals surface area contributed by atoms with E-state index in [0.29, 0.717) is 36.3 Å². The molecule has 3 atom stereocenters. The fourth-order valence-corrected chi connectivity index (χ4v) is 3.85. The molecular weight excluding hydrogens is 440 g/mol. The molecule has 3 N–H and O–H groups in total. The molecule has 0 bridgehead atoms. The Balaban J connectivity index is 2.03. The van der Waals surface area contributed by atoms with Gasteiger partial charge in [-0.15, -0.1) is 0 Å². The Kier molecular flexibility index (Phi) is 8.59. The molecule has 10 nitrogen and oxygen atoms in total. The van der Waals surface area contributed by atoms with Gasteiger partial charge in [0.25, 0.3) is 5.91 Å². The van der Waals surface area contributed by atoms with E-state index in [2.05, 4.69) is 10.6 Å². The first-order valence-corrected chi connectivity index (χ1v) is 10.5. The Bertz CT molecular complexity index is 906. The molecular formula is C21H27ClN4O6. The zero-order valence-electron chi connectivity index (χ0n) is 18.1. The molecule has 0 aromatic heterocycles. The van der Waals surface area contributed by atoms with Crippen molar-refractivity contribution in [3.63, 3.8) is 0 Å². The van der Waals surface area contributed by atoms with Crippen LogP contribution in [0, 0.1) is 0 Å². The van der Waals surface area contributed by atoms with E-state index >= 15 is 0 Å².